The molecule has 0 aromatic heterocycles. The van der Waals surface area contributed by atoms with E-state index in [0.717, 1.165) is 38.2 Å². The number of piperidine rings is 1. The Hall–Kier alpha value is -1.21. The normalized spacial score (nSPS) is 17.1. The monoisotopic (exact) mass is 318 g/mol. The van der Waals surface area contributed by atoms with Crippen molar-refractivity contribution < 1.29 is 17.2 Å². The molecule has 0 saturated carbocycles. The van der Waals surface area contributed by atoms with Gasteiger partial charge < -0.3 is 10.2 Å². The fourth-order valence-corrected chi connectivity index (χ4v) is 3.27. The fourth-order valence-electron chi connectivity index (χ4n) is 2.55. The highest BCUT2D eigenvalue weighted by Gasteiger charge is 2.26. The van der Waals surface area contributed by atoms with Gasteiger partial charge in [0.15, 0.2) is 0 Å². The van der Waals surface area contributed by atoms with Crippen LogP contribution in [0.4, 0.5) is 14.5 Å². The molecule has 1 aliphatic rings. The van der Waals surface area contributed by atoms with Gasteiger partial charge in [0.2, 0.25) is 9.84 Å². The Labute approximate surface area is 124 Å². The molecular formula is C14H20F2N2O2S. The Bertz CT molecular complexity index is 555. The van der Waals surface area contributed by atoms with Gasteiger partial charge >= 0.3 is 5.76 Å². The largest absolute Gasteiger partial charge is 0.374 e. The van der Waals surface area contributed by atoms with Crippen molar-refractivity contribution >= 4 is 15.5 Å². The van der Waals surface area contributed by atoms with E-state index in [2.05, 4.69) is 5.32 Å². The van der Waals surface area contributed by atoms with E-state index in [-0.39, 0.29) is 4.90 Å². The van der Waals surface area contributed by atoms with E-state index >= 15 is 0 Å². The molecule has 0 atom stereocenters. The van der Waals surface area contributed by atoms with Gasteiger partial charge in [-0.05, 0) is 56.1 Å². The number of hydrogen-bond donors (Lipinski definition) is 1. The maximum Gasteiger partial charge on any atom is 0.341 e. The number of rotatable bonds is 5. The Balaban J connectivity index is 2.04. The van der Waals surface area contributed by atoms with Crippen LogP contribution in [0.3, 0.4) is 0 Å². The standard InChI is InChI=1S/C14H20F2N2O2S/c1-18(10-11-6-8-17-9-7-11)12-2-4-13(5-3-12)21(19,20)14(15)16/h2-5,11,14,17H,6-10H2,1H3. The topological polar surface area (TPSA) is 49.4 Å². The number of nitrogens with one attached hydrogen (secondary N) is 1. The minimum atomic E-state index is -4.51. The molecule has 1 fully saturated rings. The lowest BCUT2D eigenvalue weighted by atomic mass is 9.97. The highest BCUT2D eigenvalue weighted by Crippen LogP contribution is 2.23. The zero-order chi connectivity index (χ0) is 15.5. The third-order valence-corrected chi connectivity index (χ3v) is 5.23. The van der Waals surface area contributed by atoms with Gasteiger partial charge in [0.05, 0.1) is 4.90 Å². The van der Waals surface area contributed by atoms with Crippen molar-refractivity contribution in [1.29, 1.82) is 0 Å². The average Bonchev–Trinajstić information content (AvgIpc) is 2.48. The first-order valence-electron chi connectivity index (χ1n) is 6.95. The summed E-state index contributed by atoms with van der Waals surface area (Å²) in [6.07, 6.45) is 2.23. The lowest BCUT2D eigenvalue weighted by molar-refractivity contribution is 0.234. The van der Waals surface area contributed by atoms with Gasteiger partial charge in [0.1, 0.15) is 0 Å². The van der Waals surface area contributed by atoms with Crippen molar-refractivity contribution in [1.82, 2.24) is 5.32 Å². The maximum atomic E-state index is 12.5. The molecule has 21 heavy (non-hydrogen) atoms. The van der Waals surface area contributed by atoms with Crippen molar-refractivity contribution in [2.75, 3.05) is 31.6 Å². The smallest absolute Gasteiger partial charge is 0.341 e. The van der Waals surface area contributed by atoms with Gasteiger partial charge in [0.25, 0.3) is 0 Å². The van der Waals surface area contributed by atoms with Crippen LogP contribution in [-0.2, 0) is 9.84 Å². The summed E-state index contributed by atoms with van der Waals surface area (Å²) in [5.74, 6) is -2.78. The summed E-state index contributed by atoms with van der Waals surface area (Å²) in [6, 6.07) is 5.65. The molecule has 1 aromatic carbocycles. The second kappa shape index (κ2) is 6.70. The summed E-state index contributed by atoms with van der Waals surface area (Å²) in [5.41, 5.74) is 0.835. The van der Waals surface area contributed by atoms with Crippen LogP contribution >= 0.6 is 0 Å². The van der Waals surface area contributed by atoms with Crippen LogP contribution in [0.15, 0.2) is 29.2 Å². The van der Waals surface area contributed by atoms with Crippen LogP contribution in [0, 0.1) is 5.92 Å². The number of sulfone groups is 1. The molecule has 0 radical (unpaired) electrons. The van der Waals surface area contributed by atoms with Crippen molar-refractivity contribution in [2.45, 2.75) is 23.5 Å². The Morgan fingerprint density at radius 3 is 2.33 bits per heavy atom. The predicted octanol–water partition coefficient (Wildman–Crippen LogP) is 2.12. The number of hydrogen-bond acceptors (Lipinski definition) is 4. The van der Waals surface area contributed by atoms with E-state index in [9.17, 15) is 17.2 Å². The average molecular weight is 318 g/mol. The van der Waals surface area contributed by atoms with Gasteiger partial charge in [-0.2, -0.15) is 8.78 Å². The summed E-state index contributed by atoms with van der Waals surface area (Å²) >= 11 is 0. The van der Waals surface area contributed by atoms with E-state index in [1.165, 1.54) is 12.1 Å². The molecule has 2 rings (SSSR count). The van der Waals surface area contributed by atoms with Crippen LogP contribution in [0.2, 0.25) is 0 Å². The first-order chi connectivity index (χ1) is 9.91. The van der Waals surface area contributed by atoms with Crippen molar-refractivity contribution in [3.8, 4) is 0 Å². The van der Waals surface area contributed by atoms with Crippen LogP contribution in [0.1, 0.15) is 12.8 Å². The second-order valence-electron chi connectivity index (χ2n) is 5.37. The molecule has 0 aliphatic carbocycles. The zero-order valence-corrected chi connectivity index (χ0v) is 12.7. The molecule has 4 nitrogen and oxygen atoms in total. The lowest BCUT2D eigenvalue weighted by Crippen LogP contribution is -2.34. The third-order valence-electron chi connectivity index (χ3n) is 3.83. The van der Waals surface area contributed by atoms with E-state index in [1.807, 2.05) is 11.9 Å². The molecular weight excluding hydrogens is 298 g/mol. The number of anilines is 1. The number of benzene rings is 1. The van der Waals surface area contributed by atoms with E-state index in [1.54, 1.807) is 12.1 Å². The van der Waals surface area contributed by atoms with Crippen LogP contribution in [-0.4, -0.2) is 40.9 Å². The first-order valence-corrected chi connectivity index (χ1v) is 8.50. The van der Waals surface area contributed by atoms with Crippen LogP contribution < -0.4 is 10.2 Å². The number of nitrogens with zero attached hydrogens (tertiary/aromatic N) is 1. The summed E-state index contributed by atoms with van der Waals surface area (Å²) in [5, 5.41) is 3.31. The van der Waals surface area contributed by atoms with Gasteiger partial charge in [0, 0.05) is 19.3 Å². The summed E-state index contributed by atoms with van der Waals surface area (Å²) < 4.78 is 47.6. The zero-order valence-electron chi connectivity index (χ0n) is 11.9. The van der Waals surface area contributed by atoms with E-state index in [0.29, 0.717) is 5.92 Å². The molecule has 0 unspecified atom stereocenters. The minimum Gasteiger partial charge on any atom is -0.374 e. The highest BCUT2D eigenvalue weighted by molar-refractivity contribution is 7.91. The molecule has 7 heteroatoms. The third kappa shape index (κ3) is 3.91. The molecule has 0 amide bonds. The molecule has 118 valence electrons. The second-order valence-corrected chi connectivity index (χ2v) is 7.29. The Kier molecular flexibility index (Phi) is 5.16. The highest BCUT2D eigenvalue weighted by atomic mass is 32.2. The van der Waals surface area contributed by atoms with Gasteiger partial charge in [-0.15, -0.1) is 0 Å². The van der Waals surface area contributed by atoms with Crippen molar-refractivity contribution in [3.63, 3.8) is 0 Å². The van der Waals surface area contributed by atoms with Gasteiger partial charge in [-0.3, -0.25) is 0 Å². The SMILES string of the molecule is CN(CC1CCNCC1)c1ccc(S(=O)(=O)C(F)F)cc1. The summed E-state index contributed by atoms with van der Waals surface area (Å²) in [6.45, 7) is 2.91. The molecule has 1 N–H and O–H groups in total. The quantitative estimate of drug-likeness (QED) is 0.903. The number of alkyl halides is 2. The Morgan fingerprint density at radius 2 is 1.81 bits per heavy atom. The number of halogens is 2. The van der Waals surface area contributed by atoms with Gasteiger partial charge in [-0.25, -0.2) is 8.42 Å². The van der Waals surface area contributed by atoms with Crippen LogP contribution in [0.5, 0.6) is 0 Å². The molecule has 1 aromatic rings. The Morgan fingerprint density at radius 1 is 1.24 bits per heavy atom. The first kappa shape index (κ1) is 16.2. The van der Waals surface area contributed by atoms with Crippen LogP contribution in [0.25, 0.3) is 0 Å². The fraction of sp³-hybridized carbons (Fsp3) is 0.571. The lowest BCUT2D eigenvalue weighted by Gasteiger charge is -2.28. The van der Waals surface area contributed by atoms with Crippen molar-refractivity contribution in [3.05, 3.63) is 24.3 Å². The molecule has 1 heterocycles. The minimum absolute atomic E-state index is 0.337. The molecule has 1 aliphatic heterocycles. The maximum absolute atomic E-state index is 12.5. The van der Waals surface area contributed by atoms with Gasteiger partial charge in [-0.1, -0.05) is 0 Å². The summed E-state index contributed by atoms with van der Waals surface area (Å²) in [4.78, 5) is 1.70. The predicted molar refractivity (Wildman–Crippen MR) is 78.5 cm³/mol. The van der Waals surface area contributed by atoms with E-state index < -0.39 is 15.6 Å². The summed E-state index contributed by atoms with van der Waals surface area (Å²) in [7, 11) is -2.58. The van der Waals surface area contributed by atoms with Crippen molar-refractivity contribution in [2.24, 2.45) is 5.92 Å². The van der Waals surface area contributed by atoms with E-state index in [4.69, 9.17) is 0 Å². The molecule has 0 bridgehead atoms. The molecule has 1 saturated heterocycles. The molecule has 0 spiro atoms.